The lowest BCUT2D eigenvalue weighted by atomic mass is 10.1. The summed E-state index contributed by atoms with van der Waals surface area (Å²) in [5.41, 5.74) is 2.72. The molecule has 2 rings (SSSR count). The van der Waals surface area contributed by atoms with Crippen molar-refractivity contribution >= 4 is 46.4 Å². The summed E-state index contributed by atoms with van der Waals surface area (Å²) in [5, 5.41) is 5.12. The quantitative estimate of drug-likeness (QED) is 0.754. The Balaban J connectivity index is 1.75. The SMILES string of the molecule is Cc1cccc(NC(=O)CNC(=O)COC(=O)c2ccc(Cl)s2)c1C. The number of aryl methyl sites for hydroxylation is 1. The molecule has 132 valence electrons. The summed E-state index contributed by atoms with van der Waals surface area (Å²) in [6, 6.07) is 8.66. The number of benzene rings is 1. The molecule has 8 heteroatoms. The van der Waals surface area contributed by atoms with E-state index in [1.165, 1.54) is 6.07 Å². The Morgan fingerprint density at radius 1 is 1.12 bits per heavy atom. The maximum absolute atomic E-state index is 11.9. The lowest BCUT2D eigenvalue weighted by molar-refractivity contribution is -0.126. The summed E-state index contributed by atoms with van der Waals surface area (Å²) >= 11 is 6.79. The van der Waals surface area contributed by atoms with Crippen LogP contribution in [0.3, 0.4) is 0 Å². The molecule has 0 saturated heterocycles. The minimum Gasteiger partial charge on any atom is -0.451 e. The van der Waals surface area contributed by atoms with Crippen LogP contribution in [0.2, 0.25) is 4.34 Å². The van der Waals surface area contributed by atoms with Gasteiger partial charge in [0.2, 0.25) is 5.91 Å². The van der Waals surface area contributed by atoms with E-state index in [-0.39, 0.29) is 12.5 Å². The molecule has 1 aromatic carbocycles. The van der Waals surface area contributed by atoms with Gasteiger partial charge < -0.3 is 15.4 Å². The number of carbonyl (C=O) groups excluding carboxylic acids is 3. The first-order valence-corrected chi connectivity index (χ1v) is 8.61. The van der Waals surface area contributed by atoms with Crippen molar-refractivity contribution in [1.29, 1.82) is 0 Å². The fourth-order valence-corrected chi connectivity index (χ4v) is 2.87. The van der Waals surface area contributed by atoms with Crippen LogP contribution in [0, 0.1) is 13.8 Å². The number of nitrogens with one attached hydrogen (secondary N) is 2. The molecule has 0 radical (unpaired) electrons. The Morgan fingerprint density at radius 3 is 2.56 bits per heavy atom. The largest absolute Gasteiger partial charge is 0.451 e. The second kappa shape index (κ2) is 8.64. The smallest absolute Gasteiger partial charge is 0.348 e. The first-order valence-electron chi connectivity index (χ1n) is 7.42. The highest BCUT2D eigenvalue weighted by Crippen LogP contribution is 2.22. The van der Waals surface area contributed by atoms with Crippen molar-refractivity contribution in [3.05, 3.63) is 50.7 Å². The van der Waals surface area contributed by atoms with Crippen molar-refractivity contribution in [2.24, 2.45) is 0 Å². The zero-order chi connectivity index (χ0) is 18.4. The number of anilines is 1. The van der Waals surface area contributed by atoms with Crippen LogP contribution in [-0.2, 0) is 14.3 Å². The van der Waals surface area contributed by atoms with Gasteiger partial charge in [-0.25, -0.2) is 4.79 Å². The van der Waals surface area contributed by atoms with E-state index in [0.717, 1.165) is 22.5 Å². The first-order chi connectivity index (χ1) is 11.9. The van der Waals surface area contributed by atoms with Gasteiger partial charge in [-0.15, -0.1) is 11.3 Å². The Labute approximate surface area is 154 Å². The Bertz CT molecular complexity index is 804. The molecule has 0 aliphatic heterocycles. The lowest BCUT2D eigenvalue weighted by Crippen LogP contribution is -2.35. The van der Waals surface area contributed by atoms with Gasteiger partial charge in [0.15, 0.2) is 6.61 Å². The van der Waals surface area contributed by atoms with Crippen molar-refractivity contribution < 1.29 is 19.1 Å². The van der Waals surface area contributed by atoms with Gasteiger partial charge in [-0.3, -0.25) is 9.59 Å². The van der Waals surface area contributed by atoms with Gasteiger partial charge in [-0.1, -0.05) is 23.7 Å². The molecular formula is C17H17ClN2O4S. The molecule has 0 saturated carbocycles. The molecule has 0 fully saturated rings. The van der Waals surface area contributed by atoms with Gasteiger partial charge in [0.25, 0.3) is 5.91 Å². The van der Waals surface area contributed by atoms with Crippen molar-refractivity contribution in [3.63, 3.8) is 0 Å². The summed E-state index contributed by atoms with van der Waals surface area (Å²) in [6.45, 7) is 3.17. The van der Waals surface area contributed by atoms with Crippen LogP contribution in [0.4, 0.5) is 5.69 Å². The van der Waals surface area contributed by atoms with E-state index >= 15 is 0 Å². The van der Waals surface area contributed by atoms with Gasteiger partial charge in [-0.2, -0.15) is 0 Å². The molecule has 2 amide bonds. The minimum absolute atomic E-state index is 0.214. The number of esters is 1. The predicted molar refractivity (Wildman–Crippen MR) is 97.2 cm³/mol. The van der Waals surface area contributed by atoms with E-state index in [1.54, 1.807) is 12.1 Å². The molecule has 25 heavy (non-hydrogen) atoms. The first kappa shape index (κ1) is 19.0. The molecule has 0 unspecified atom stereocenters. The van der Waals surface area contributed by atoms with Gasteiger partial charge in [0.1, 0.15) is 4.88 Å². The van der Waals surface area contributed by atoms with Gasteiger partial charge >= 0.3 is 5.97 Å². The number of hydrogen-bond donors (Lipinski definition) is 2. The van der Waals surface area contributed by atoms with E-state index < -0.39 is 18.5 Å². The monoisotopic (exact) mass is 380 g/mol. The number of hydrogen-bond acceptors (Lipinski definition) is 5. The third-order valence-corrected chi connectivity index (χ3v) is 4.64. The van der Waals surface area contributed by atoms with Crippen LogP contribution in [0.15, 0.2) is 30.3 Å². The lowest BCUT2D eigenvalue weighted by Gasteiger charge is -2.11. The Kier molecular flexibility index (Phi) is 6.55. The molecule has 0 atom stereocenters. The van der Waals surface area contributed by atoms with Crippen molar-refractivity contribution in [2.45, 2.75) is 13.8 Å². The standard InChI is InChI=1S/C17H17ClN2O4S/c1-10-4-3-5-12(11(10)2)20-15(21)8-19-16(22)9-24-17(23)13-6-7-14(18)25-13/h3-7H,8-9H2,1-2H3,(H,19,22)(H,20,21). The summed E-state index contributed by atoms with van der Waals surface area (Å²) < 4.78 is 5.32. The van der Waals surface area contributed by atoms with Gasteiger partial charge in [0, 0.05) is 5.69 Å². The maximum atomic E-state index is 11.9. The predicted octanol–water partition coefficient (Wildman–Crippen LogP) is 2.93. The van der Waals surface area contributed by atoms with E-state index in [9.17, 15) is 14.4 Å². The molecule has 6 nitrogen and oxygen atoms in total. The highest BCUT2D eigenvalue weighted by atomic mass is 35.5. The highest BCUT2D eigenvalue weighted by molar-refractivity contribution is 7.17. The number of rotatable bonds is 6. The number of amides is 2. The van der Waals surface area contributed by atoms with E-state index in [0.29, 0.717) is 14.9 Å². The fraction of sp³-hybridized carbons (Fsp3) is 0.235. The molecule has 0 bridgehead atoms. The molecule has 0 spiro atoms. The second-order valence-electron chi connectivity index (χ2n) is 5.25. The Morgan fingerprint density at radius 2 is 1.88 bits per heavy atom. The summed E-state index contributed by atoms with van der Waals surface area (Å²) in [4.78, 5) is 35.6. The van der Waals surface area contributed by atoms with E-state index in [4.69, 9.17) is 16.3 Å². The maximum Gasteiger partial charge on any atom is 0.348 e. The number of carbonyl (C=O) groups is 3. The molecule has 1 aromatic heterocycles. The summed E-state index contributed by atoms with van der Waals surface area (Å²) in [6.07, 6.45) is 0. The minimum atomic E-state index is -0.633. The zero-order valence-electron chi connectivity index (χ0n) is 13.7. The van der Waals surface area contributed by atoms with Crippen LogP contribution in [0.25, 0.3) is 0 Å². The Hall–Kier alpha value is -2.38. The average molecular weight is 381 g/mol. The van der Waals surface area contributed by atoms with Crippen molar-refractivity contribution in [1.82, 2.24) is 5.32 Å². The van der Waals surface area contributed by atoms with Crippen LogP contribution < -0.4 is 10.6 Å². The number of thiophene rings is 1. The third kappa shape index (κ3) is 5.58. The number of halogens is 1. The van der Waals surface area contributed by atoms with Crippen LogP contribution in [0.1, 0.15) is 20.8 Å². The molecule has 2 N–H and O–H groups in total. The van der Waals surface area contributed by atoms with Crippen molar-refractivity contribution in [3.8, 4) is 0 Å². The third-order valence-electron chi connectivity index (χ3n) is 3.43. The van der Waals surface area contributed by atoms with Gasteiger partial charge in [-0.05, 0) is 43.2 Å². The summed E-state index contributed by atoms with van der Waals surface area (Å²) in [7, 11) is 0. The topological polar surface area (TPSA) is 84.5 Å². The van der Waals surface area contributed by atoms with E-state index in [2.05, 4.69) is 10.6 Å². The fourth-order valence-electron chi connectivity index (χ4n) is 1.94. The molecular weight excluding hydrogens is 364 g/mol. The van der Waals surface area contributed by atoms with Crippen LogP contribution in [0.5, 0.6) is 0 Å². The highest BCUT2D eigenvalue weighted by Gasteiger charge is 2.13. The van der Waals surface area contributed by atoms with E-state index in [1.807, 2.05) is 26.0 Å². The zero-order valence-corrected chi connectivity index (χ0v) is 15.3. The molecule has 0 aliphatic carbocycles. The molecule has 2 aromatic rings. The van der Waals surface area contributed by atoms with Crippen LogP contribution >= 0.6 is 22.9 Å². The molecule has 0 aliphatic rings. The second-order valence-corrected chi connectivity index (χ2v) is 6.97. The van der Waals surface area contributed by atoms with Crippen molar-refractivity contribution in [2.75, 3.05) is 18.5 Å². The van der Waals surface area contributed by atoms with Crippen LogP contribution in [-0.4, -0.2) is 30.9 Å². The number of ether oxygens (including phenoxy) is 1. The summed E-state index contributed by atoms with van der Waals surface area (Å²) in [5.74, 6) is -1.56. The average Bonchev–Trinajstić information content (AvgIpc) is 3.01. The van der Waals surface area contributed by atoms with Gasteiger partial charge in [0.05, 0.1) is 10.9 Å². The molecule has 1 heterocycles. The normalized spacial score (nSPS) is 10.2.